The highest BCUT2D eigenvalue weighted by atomic mass is 16.2. The van der Waals surface area contributed by atoms with Gasteiger partial charge in [-0.2, -0.15) is 10.4 Å². The summed E-state index contributed by atoms with van der Waals surface area (Å²) in [7, 11) is 0. The van der Waals surface area contributed by atoms with E-state index in [2.05, 4.69) is 57.6 Å². The van der Waals surface area contributed by atoms with Crippen molar-refractivity contribution in [1.29, 1.82) is 5.26 Å². The molecule has 1 amide bonds. The zero-order valence-corrected chi connectivity index (χ0v) is 15.2. The van der Waals surface area contributed by atoms with Crippen LogP contribution in [-0.4, -0.2) is 16.7 Å². The van der Waals surface area contributed by atoms with Gasteiger partial charge in [0, 0.05) is 29.2 Å². The van der Waals surface area contributed by atoms with Crippen LogP contribution in [0.25, 0.3) is 21.7 Å². The van der Waals surface area contributed by atoms with Crippen molar-refractivity contribution >= 4 is 33.8 Å². The fourth-order valence-electron chi connectivity index (χ4n) is 3.41. The Kier molecular flexibility index (Phi) is 4.85. The number of benzene rings is 3. The van der Waals surface area contributed by atoms with Gasteiger partial charge < -0.3 is 4.57 Å². The van der Waals surface area contributed by atoms with Gasteiger partial charge in [0.1, 0.15) is 6.42 Å². The average molecular weight is 366 g/mol. The molecule has 136 valence electrons. The number of fused-ring (bicyclic) bond motifs is 2. The number of hydrogen-bond donors (Lipinski definition) is 1. The zero-order valence-electron chi connectivity index (χ0n) is 15.2. The van der Waals surface area contributed by atoms with Gasteiger partial charge in [-0.1, -0.05) is 60.7 Å². The van der Waals surface area contributed by atoms with Crippen LogP contribution in [0.1, 0.15) is 17.5 Å². The Bertz CT molecular complexity index is 1230. The summed E-state index contributed by atoms with van der Waals surface area (Å²) in [6, 6.07) is 24.6. The van der Waals surface area contributed by atoms with E-state index in [1.165, 1.54) is 16.3 Å². The highest BCUT2D eigenvalue weighted by Gasteiger charge is 2.09. The molecule has 0 aliphatic carbocycles. The molecule has 4 aromatic rings. The first-order valence-electron chi connectivity index (χ1n) is 8.99. The van der Waals surface area contributed by atoms with Crippen molar-refractivity contribution < 1.29 is 4.79 Å². The van der Waals surface area contributed by atoms with E-state index in [0.29, 0.717) is 0 Å². The molecule has 3 aromatic carbocycles. The van der Waals surface area contributed by atoms with Crippen molar-refractivity contribution in [3.63, 3.8) is 0 Å². The molecule has 0 aliphatic rings. The van der Waals surface area contributed by atoms with Gasteiger partial charge in [0.2, 0.25) is 0 Å². The van der Waals surface area contributed by atoms with Gasteiger partial charge in [0.25, 0.3) is 5.91 Å². The van der Waals surface area contributed by atoms with Crippen LogP contribution in [0.5, 0.6) is 0 Å². The Labute approximate surface area is 162 Å². The lowest BCUT2D eigenvalue weighted by molar-refractivity contribution is -0.120. The third-order valence-corrected chi connectivity index (χ3v) is 4.67. The molecular weight excluding hydrogens is 348 g/mol. The highest BCUT2D eigenvalue weighted by molar-refractivity contribution is 6.00. The molecule has 4 rings (SSSR count). The summed E-state index contributed by atoms with van der Waals surface area (Å²) >= 11 is 0. The van der Waals surface area contributed by atoms with E-state index in [1.54, 1.807) is 12.3 Å². The number of nitriles is 1. The smallest absolute Gasteiger partial charge is 0.254 e. The van der Waals surface area contributed by atoms with Gasteiger partial charge in [-0.05, 0) is 22.4 Å². The van der Waals surface area contributed by atoms with Gasteiger partial charge >= 0.3 is 0 Å². The van der Waals surface area contributed by atoms with Gasteiger partial charge in [-0.3, -0.25) is 4.79 Å². The monoisotopic (exact) mass is 366 g/mol. The molecule has 0 radical (unpaired) electrons. The molecule has 0 saturated carbocycles. The van der Waals surface area contributed by atoms with Crippen LogP contribution >= 0.6 is 0 Å². The molecule has 28 heavy (non-hydrogen) atoms. The summed E-state index contributed by atoms with van der Waals surface area (Å²) in [6.07, 6.45) is 3.45. The maximum atomic E-state index is 11.4. The Morgan fingerprint density at radius 3 is 2.64 bits per heavy atom. The molecule has 1 N–H and O–H groups in total. The first-order valence-corrected chi connectivity index (χ1v) is 8.99. The minimum atomic E-state index is -0.418. The standard InChI is InChI=1S/C23H18N4O/c24-13-12-23(28)26-25-14-19-16-27(22-11-4-3-10-21(19)22)15-18-8-5-7-17-6-1-2-9-20(17)18/h1-11,14,16H,12,15H2,(H,26,28)/b25-14+. The van der Waals surface area contributed by atoms with Gasteiger partial charge in [-0.15, -0.1) is 0 Å². The van der Waals surface area contributed by atoms with E-state index >= 15 is 0 Å². The second kappa shape index (κ2) is 7.77. The van der Waals surface area contributed by atoms with Crippen molar-refractivity contribution in [3.05, 3.63) is 84.1 Å². The summed E-state index contributed by atoms with van der Waals surface area (Å²) in [5, 5.41) is 16.1. The van der Waals surface area contributed by atoms with E-state index < -0.39 is 5.91 Å². The van der Waals surface area contributed by atoms with E-state index in [-0.39, 0.29) is 6.42 Å². The average Bonchev–Trinajstić information content (AvgIpc) is 3.06. The summed E-state index contributed by atoms with van der Waals surface area (Å²) in [5.74, 6) is -0.418. The number of carbonyl (C=O) groups is 1. The maximum absolute atomic E-state index is 11.4. The summed E-state index contributed by atoms with van der Waals surface area (Å²) < 4.78 is 2.19. The van der Waals surface area contributed by atoms with Crippen LogP contribution in [0.3, 0.4) is 0 Å². The number of carbonyl (C=O) groups excluding carboxylic acids is 1. The number of nitrogens with zero attached hydrogens (tertiary/aromatic N) is 3. The first-order chi connectivity index (χ1) is 13.8. The predicted molar refractivity (Wildman–Crippen MR) is 111 cm³/mol. The number of nitrogens with one attached hydrogen (secondary N) is 1. The molecule has 1 aromatic heterocycles. The fourth-order valence-corrected chi connectivity index (χ4v) is 3.41. The number of amides is 1. The summed E-state index contributed by atoms with van der Waals surface area (Å²) in [4.78, 5) is 11.4. The first kappa shape index (κ1) is 17.5. The molecule has 1 heterocycles. The highest BCUT2D eigenvalue weighted by Crippen LogP contribution is 2.24. The third-order valence-electron chi connectivity index (χ3n) is 4.67. The Morgan fingerprint density at radius 2 is 1.79 bits per heavy atom. The molecule has 0 fully saturated rings. The second-order valence-electron chi connectivity index (χ2n) is 6.50. The summed E-state index contributed by atoms with van der Waals surface area (Å²) in [6.45, 7) is 0.733. The lowest BCUT2D eigenvalue weighted by Gasteiger charge is -2.09. The molecule has 0 saturated heterocycles. The number of hydrazone groups is 1. The van der Waals surface area contributed by atoms with E-state index in [9.17, 15) is 4.79 Å². The van der Waals surface area contributed by atoms with E-state index in [1.807, 2.05) is 30.5 Å². The predicted octanol–water partition coefficient (Wildman–Crippen LogP) is 4.21. The van der Waals surface area contributed by atoms with E-state index in [4.69, 9.17) is 5.26 Å². The minimum Gasteiger partial charge on any atom is -0.342 e. The quantitative estimate of drug-likeness (QED) is 0.425. The van der Waals surface area contributed by atoms with E-state index in [0.717, 1.165) is 23.0 Å². The zero-order chi connectivity index (χ0) is 19.3. The topological polar surface area (TPSA) is 70.2 Å². The van der Waals surface area contributed by atoms with Crippen LogP contribution in [-0.2, 0) is 11.3 Å². The van der Waals surface area contributed by atoms with Crippen molar-refractivity contribution in [3.8, 4) is 6.07 Å². The number of para-hydroxylation sites is 1. The molecular formula is C23H18N4O. The molecule has 0 unspecified atom stereocenters. The lowest BCUT2D eigenvalue weighted by Crippen LogP contribution is -2.16. The van der Waals surface area contributed by atoms with Crippen molar-refractivity contribution in [2.75, 3.05) is 0 Å². The van der Waals surface area contributed by atoms with Crippen molar-refractivity contribution in [1.82, 2.24) is 9.99 Å². The van der Waals surface area contributed by atoms with Gasteiger partial charge in [0.05, 0.1) is 12.3 Å². The Morgan fingerprint density at radius 1 is 1.04 bits per heavy atom. The Balaban J connectivity index is 1.69. The molecule has 0 spiro atoms. The minimum absolute atomic E-state index is 0.208. The summed E-state index contributed by atoms with van der Waals surface area (Å²) in [5.41, 5.74) is 5.63. The third kappa shape index (κ3) is 3.49. The van der Waals surface area contributed by atoms with Crippen LogP contribution in [0.15, 0.2) is 78.0 Å². The maximum Gasteiger partial charge on any atom is 0.254 e. The lowest BCUT2D eigenvalue weighted by atomic mass is 10.0. The van der Waals surface area contributed by atoms with Crippen LogP contribution in [0.2, 0.25) is 0 Å². The largest absolute Gasteiger partial charge is 0.342 e. The molecule has 5 heteroatoms. The number of hydrogen-bond acceptors (Lipinski definition) is 3. The SMILES string of the molecule is N#CCC(=O)N/N=C/c1cn(Cc2cccc3ccccc23)c2ccccc12. The molecule has 5 nitrogen and oxygen atoms in total. The van der Waals surface area contributed by atoms with Gasteiger partial charge in [0.15, 0.2) is 0 Å². The molecule has 0 atom stereocenters. The van der Waals surface area contributed by atoms with Crippen LogP contribution < -0.4 is 5.43 Å². The van der Waals surface area contributed by atoms with Crippen LogP contribution in [0, 0.1) is 11.3 Å². The number of rotatable bonds is 5. The van der Waals surface area contributed by atoms with Crippen LogP contribution in [0.4, 0.5) is 0 Å². The van der Waals surface area contributed by atoms with Crippen molar-refractivity contribution in [2.45, 2.75) is 13.0 Å². The Hall–Kier alpha value is -3.91. The second-order valence-corrected chi connectivity index (χ2v) is 6.50. The van der Waals surface area contributed by atoms with Gasteiger partial charge in [-0.25, -0.2) is 5.43 Å². The fraction of sp³-hybridized carbons (Fsp3) is 0.0870. The van der Waals surface area contributed by atoms with Crippen molar-refractivity contribution in [2.24, 2.45) is 5.10 Å². The molecule has 0 bridgehead atoms. The number of aromatic nitrogens is 1. The molecule has 0 aliphatic heterocycles. The normalized spacial score (nSPS) is 11.1.